The number of aliphatic hydroxyl groups excluding tert-OH is 1. The molecule has 2 unspecified atom stereocenters. The van der Waals surface area contributed by atoms with Gasteiger partial charge >= 0.3 is 5.97 Å². The number of carboxylic acid groups (broad SMARTS) is 1. The van der Waals surface area contributed by atoms with Gasteiger partial charge in [0.2, 0.25) is 5.91 Å². The van der Waals surface area contributed by atoms with Crippen LogP contribution in [0.5, 0.6) is 0 Å². The molecule has 3 N–H and O–H groups in total. The number of carbonyl (C=O) groups excluding carboxylic acids is 1. The summed E-state index contributed by atoms with van der Waals surface area (Å²) >= 11 is 0. The monoisotopic (exact) mass is 405 g/mol. The number of hydrogen-bond acceptors (Lipinski definition) is 3. The quantitative estimate of drug-likeness (QED) is 0.233. The highest BCUT2D eigenvalue weighted by molar-refractivity contribution is 5.83. The van der Waals surface area contributed by atoms with E-state index >= 15 is 0 Å². The minimum atomic E-state index is -1.25. The molecule has 5 heteroatoms. The Morgan fingerprint density at radius 2 is 1.31 bits per heavy atom. The summed E-state index contributed by atoms with van der Waals surface area (Å²) in [4.78, 5) is 22.6. The van der Waals surface area contributed by atoms with Gasteiger partial charge in [-0.2, -0.15) is 0 Å². The topological polar surface area (TPSA) is 86.6 Å². The average molecular weight is 406 g/mol. The normalized spacial score (nSPS) is 14.3. The van der Waals surface area contributed by atoms with Gasteiger partial charge in [0.05, 0.1) is 6.10 Å². The van der Waals surface area contributed by atoms with Gasteiger partial charge in [0, 0.05) is 6.42 Å². The Kier molecular flexibility index (Phi) is 17.8. The fraction of sp³-hybridized carbons (Fsp3) is 0.583. The van der Waals surface area contributed by atoms with E-state index in [9.17, 15) is 14.7 Å². The van der Waals surface area contributed by atoms with Crippen LogP contribution in [0.1, 0.15) is 78.1 Å². The molecule has 0 aliphatic carbocycles. The summed E-state index contributed by atoms with van der Waals surface area (Å²) in [7, 11) is 0. The molecule has 0 fully saturated rings. The van der Waals surface area contributed by atoms with Gasteiger partial charge in [-0.25, -0.2) is 4.79 Å². The lowest BCUT2D eigenvalue weighted by atomic mass is 10.1. The summed E-state index contributed by atoms with van der Waals surface area (Å²) in [5.41, 5.74) is 0. The second-order valence-electron chi connectivity index (χ2n) is 7.10. The van der Waals surface area contributed by atoms with Crippen molar-refractivity contribution in [3.63, 3.8) is 0 Å². The number of carboxylic acids is 1. The van der Waals surface area contributed by atoms with E-state index in [4.69, 9.17) is 5.11 Å². The third-order valence-corrected chi connectivity index (χ3v) is 4.30. The first-order valence-corrected chi connectivity index (χ1v) is 10.8. The van der Waals surface area contributed by atoms with E-state index in [1.165, 1.54) is 32.6 Å². The van der Waals surface area contributed by atoms with Gasteiger partial charge in [0.25, 0.3) is 0 Å². The van der Waals surface area contributed by atoms with Crippen molar-refractivity contribution in [3.8, 4) is 0 Å². The zero-order valence-corrected chi connectivity index (χ0v) is 18.1. The summed E-state index contributed by atoms with van der Waals surface area (Å²) in [5.74, 6) is -1.58. The maximum absolute atomic E-state index is 11.7. The van der Waals surface area contributed by atoms with Gasteiger partial charge in [-0.15, -0.1) is 0 Å². The molecule has 5 nitrogen and oxygen atoms in total. The van der Waals surface area contributed by atoms with E-state index in [2.05, 4.69) is 54.8 Å². The number of aliphatic hydroxyl groups is 1. The molecule has 0 aliphatic rings. The molecule has 0 saturated heterocycles. The lowest BCUT2D eigenvalue weighted by Crippen LogP contribution is -2.47. The smallest absolute Gasteiger partial charge is 0.328 e. The van der Waals surface area contributed by atoms with Crippen molar-refractivity contribution in [2.45, 2.75) is 90.2 Å². The van der Waals surface area contributed by atoms with Crippen LogP contribution >= 0.6 is 0 Å². The van der Waals surface area contributed by atoms with Crippen LogP contribution in [0, 0.1) is 0 Å². The molecule has 0 aliphatic heterocycles. The van der Waals surface area contributed by atoms with E-state index in [1.807, 2.05) is 6.08 Å². The highest BCUT2D eigenvalue weighted by Gasteiger charge is 2.24. The summed E-state index contributed by atoms with van der Waals surface area (Å²) < 4.78 is 0. The number of amides is 1. The van der Waals surface area contributed by atoms with Crippen LogP contribution < -0.4 is 5.32 Å². The van der Waals surface area contributed by atoms with E-state index < -0.39 is 18.1 Å². The first-order chi connectivity index (χ1) is 14.0. The molecule has 164 valence electrons. The summed E-state index contributed by atoms with van der Waals surface area (Å²) in [6, 6.07) is -1.25. The molecule has 0 radical (unpaired) electrons. The third-order valence-electron chi connectivity index (χ3n) is 4.30. The first-order valence-electron chi connectivity index (χ1n) is 10.8. The van der Waals surface area contributed by atoms with Crippen molar-refractivity contribution in [1.82, 2.24) is 5.32 Å². The average Bonchev–Trinajstić information content (AvgIpc) is 2.68. The Labute approximate surface area is 176 Å². The standard InChI is InChI=1S/C24H39NO4/c1-3-4-5-6-7-8-9-10-11-12-13-14-15-16-17-18-19-20-22(27)25-23(21(2)26)24(28)29/h7-8,10-11,13-14,16-17,21,23,26H,3-6,9,12,15,18-20H2,1-2H3,(H,25,27)(H,28,29)/b8-7+,11-10+,14-13+,17-16+. The molecule has 29 heavy (non-hydrogen) atoms. The van der Waals surface area contributed by atoms with Crippen LogP contribution in [0.15, 0.2) is 48.6 Å². The molecule has 0 aromatic carbocycles. The molecule has 0 aromatic heterocycles. The van der Waals surface area contributed by atoms with Gasteiger partial charge in [-0.05, 0) is 51.9 Å². The Hall–Kier alpha value is -2.14. The van der Waals surface area contributed by atoms with Gasteiger partial charge in [0.15, 0.2) is 6.04 Å². The Morgan fingerprint density at radius 3 is 1.76 bits per heavy atom. The van der Waals surface area contributed by atoms with Crippen LogP contribution in [0.4, 0.5) is 0 Å². The van der Waals surface area contributed by atoms with Crippen LogP contribution in [0.2, 0.25) is 0 Å². The van der Waals surface area contributed by atoms with Crippen LogP contribution in [-0.4, -0.2) is 34.2 Å². The van der Waals surface area contributed by atoms with Gasteiger partial charge in [-0.1, -0.05) is 68.4 Å². The van der Waals surface area contributed by atoms with Crippen molar-refractivity contribution in [3.05, 3.63) is 48.6 Å². The zero-order valence-electron chi connectivity index (χ0n) is 18.1. The number of carbonyl (C=O) groups is 2. The maximum Gasteiger partial charge on any atom is 0.328 e. The summed E-state index contributed by atoms with van der Waals surface area (Å²) in [6.07, 6.45) is 25.6. The van der Waals surface area contributed by atoms with E-state index in [-0.39, 0.29) is 12.3 Å². The lowest BCUT2D eigenvalue weighted by molar-refractivity contribution is -0.144. The van der Waals surface area contributed by atoms with Gasteiger partial charge < -0.3 is 15.5 Å². The van der Waals surface area contributed by atoms with Crippen molar-refractivity contribution >= 4 is 11.9 Å². The van der Waals surface area contributed by atoms with E-state index in [0.717, 1.165) is 25.7 Å². The molecule has 0 rings (SSSR count). The number of nitrogens with one attached hydrogen (secondary N) is 1. The van der Waals surface area contributed by atoms with Crippen molar-refractivity contribution in [1.29, 1.82) is 0 Å². The Morgan fingerprint density at radius 1 is 0.828 bits per heavy atom. The SMILES string of the molecule is CCCCC/C=C/C/C=C/C/C=C/C/C=C/CCCC(=O)NC(C(=O)O)C(C)O. The largest absolute Gasteiger partial charge is 0.480 e. The van der Waals surface area contributed by atoms with E-state index in [1.54, 1.807) is 0 Å². The minimum absolute atomic E-state index is 0.245. The molecular weight excluding hydrogens is 366 g/mol. The Balaban J connectivity index is 3.69. The number of hydrogen-bond donors (Lipinski definition) is 3. The number of allylic oxidation sites excluding steroid dienone is 8. The van der Waals surface area contributed by atoms with Crippen LogP contribution in [0.3, 0.4) is 0 Å². The fourth-order valence-corrected chi connectivity index (χ4v) is 2.58. The second kappa shape index (κ2) is 19.2. The molecule has 0 bridgehead atoms. The number of rotatable bonds is 17. The van der Waals surface area contributed by atoms with E-state index in [0.29, 0.717) is 6.42 Å². The van der Waals surface area contributed by atoms with Crippen LogP contribution in [0.25, 0.3) is 0 Å². The molecule has 1 amide bonds. The number of unbranched alkanes of at least 4 members (excludes halogenated alkanes) is 4. The molecule has 0 aromatic rings. The third kappa shape index (κ3) is 17.7. The fourth-order valence-electron chi connectivity index (χ4n) is 2.58. The van der Waals surface area contributed by atoms with Crippen molar-refractivity contribution in [2.24, 2.45) is 0 Å². The lowest BCUT2D eigenvalue weighted by Gasteiger charge is -2.16. The zero-order chi connectivity index (χ0) is 21.7. The molecule has 0 saturated carbocycles. The maximum atomic E-state index is 11.7. The Bertz CT molecular complexity index is 547. The first kappa shape index (κ1) is 26.9. The highest BCUT2D eigenvalue weighted by atomic mass is 16.4. The predicted molar refractivity (Wildman–Crippen MR) is 120 cm³/mol. The second-order valence-corrected chi connectivity index (χ2v) is 7.10. The van der Waals surface area contributed by atoms with Crippen molar-refractivity contribution < 1.29 is 19.8 Å². The molecular formula is C24H39NO4. The van der Waals surface area contributed by atoms with Gasteiger partial charge in [0.1, 0.15) is 0 Å². The molecule has 2 atom stereocenters. The number of aliphatic carboxylic acids is 1. The van der Waals surface area contributed by atoms with Crippen LogP contribution in [-0.2, 0) is 9.59 Å². The van der Waals surface area contributed by atoms with Crippen molar-refractivity contribution in [2.75, 3.05) is 0 Å². The van der Waals surface area contributed by atoms with Gasteiger partial charge in [-0.3, -0.25) is 4.79 Å². The molecule has 0 heterocycles. The molecule has 0 spiro atoms. The minimum Gasteiger partial charge on any atom is -0.480 e. The highest BCUT2D eigenvalue weighted by Crippen LogP contribution is 2.02. The summed E-state index contributed by atoms with van der Waals surface area (Å²) in [6.45, 7) is 3.57. The summed E-state index contributed by atoms with van der Waals surface area (Å²) in [5, 5.41) is 20.6. The predicted octanol–water partition coefficient (Wildman–Crippen LogP) is 5.08.